The Labute approximate surface area is 170 Å². The van der Waals surface area contributed by atoms with Crippen molar-refractivity contribution < 1.29 is 19.5 Å². The van der Waals surface area contributed by atoms with Crippen LogP contribution in [0.5, 0.6) is 0 Å². The molecule has 0 spiro atoms. The number of hydrogen-bond acceptors (Lipinski definition) is 5. The SMILES string of the molecule is Cc1cc(N2CCOCC2)ccc1C(=O)/C=C/c1ccc(/C=C/C(=O)NO)cc1. The number of aryl methyl sites for hydroxylation is 1. The lowest BCUT2D eigenvalue weighted by Crippen LogP contribution is -2.36. The largest absolute Gasteiger partial charge is 0.378 e. The molecule has 0 aromatic heterocycles. The van der Waals surface area contributed by atoms with Gasteiger partial charge in [-0.25, -0.2) is 5.48 Å². The third-order valence-electron chi connectivity index (χ3n) is 4.75. The quantitative estimate of drug-likeness (QED) is 0.341. The van der Waals surface area contributed by atoms with Crippen LogP contribution in [0.15, 0.2) is 54.6 Å². The third kappa shape index (κ3) is 5.63. The molecular formula is C23H24N2O4. The molecule has 150 valence electrons. The van der Waals surface area contributed by atoms with Crippen LogP contribution < -0.4 is 10.4 Å². The molecule has 0 saturated carbocycles. The first-order valence-electron chi connectivity index (χ1n) is 9.45. The maximum atomic E-state index is 12.6. The van der Waals surface area contributed by atoms with E-state index < -0.39 is 5.91 Å². The highest BCUT2D eigenvalue weighted by Gasteiger charge is 2.13. The molecule has 3 rings (SSSR count). The lowest BCUT2D eigenvalue weighted by molar-refractivity contribution is -0.124. The zero-order chi connectivity index (χ0) is 20.6. The van der Waals surface area contributed by atoms with Crippen LogP contribution in [0, 0.1) is 6.92 Å². The molecule has 1 amide bonds. The van der Waals surface area contributed by atoms with E-state index in [0.29, 0.717) is 5.56 Å². The van der Waals surface area contributed by atoms with Crippen molar-refractivity contribution in [2.75, 3.05) is 31.2 Å². The molecular weight excluding hydrogens is 368 g/mol. The fraction of sp³-hybridized carbons (Fsp3) is 0.217. The first kappa shape index (κ1) is 20.5. The van der Waals surface area contributed by atoms with Gasteiger partial charge in [0, 0.05) is 30.4 Å². The van der Waals surface area contributed by atoms with Gasteiger partial charge in [-0.05, 0) is 54.0 Å². The van der Waals surface area contributed by atoms with E-state index in [1.165, 1.54) is 11.6 Å². The first-order chi connectivity index (χ1) is 14.1. The summed E-state index contributed by atoms with van der Waals surface area (Å²) in [6.07, 6.45) is 6.16. The van der Waals surface area contributed by atoms with Gasteiger partial charge in [-0.1, -0.05) is 30.3 Å². The highest BCUT2D eigenvalue weighted by molar-refractivity contribution is 6.08. The molecule has 2 aromatic carbocycles. The van der Waals surface area contributed by atoms with Crippen LogP contribution in [-0.2, 0) is 9.53 Å². The second-order valence-corrected chi connectivity index (χ2v) is 6.77. The lowest BCUT2D eigenvalue weighted by atomic mass is 10.0. The Morgan fingerprint density at radius 2 is 1.62 bits per heavy atom. The Kier molecular flexibility index (Phi) is 6.94. The second kappa shape index (κ2) is 9.82. The third-order valence-corrected chi connectivity index (χ3v) is 4.75. The molecule has 2 N–H and O–H groups in total. The van der Waals surface area contributed by atoms with Crippen LogP contribution in [0.1, 0.15) is 27.0 Å². The summed E-state index contributed by atoms with van der Waals surface area (Å²) in [5, 5.41) is 8.47. The van der Waals surface area contributed by atoms with Crippen LogP contribution in [0.4, 0.5) is 5.69 Å². The van der Waals surface area contributed by atoms with Crippen molar-refractivity contribution in [3.63, 3.8) is 0 Å². The number of ether oxygens (including phenoxy) is 1. The van der Waals surface area contributed by atoms with Crippen LogP contribution in [0.3, 0.4) is 0 Å². The van der Waals surface area contributed by atoms with Gasteiger partial charge < -0.3 is 9.64 Å². The number of morpholine rings is 1. The van der Waals surface area contributed by atoms with Gasteiger partial charge in [-0.15, -0.1) is 0 Å². The van der Waals surface area contributed by atoms with Gasteiger partial charge in [0.15, 0.2) is 5.78 Å². The molecule has 0 bridgehead atoms. The highest BCUT2D eigenvalue weighted by atomic mass is 16.5. The summed E-state index contributed by atoms with van der Waals surface area (Å²) < 4.78 is 5.39. The molecule has 0 aliphatic carbocycles. The lowest BCUT2D eigenvalue weighted by Gasteiger charge is -2.29. The Morgan fingerprint density at radius 1 is 1.00 bits per heavy atom. The molecule has 29 heavy (non-hydrogen) atoms. The average Bonchev–Trinajstić information content (AvgIpc) is 2.77. The van der Waals surface area contributed by atoms with E-state index in [-0.39, 0.29) is 5.78 Å². The van der Waals surface area contributed by atoms with Gasteiger partial charge in [0.1, 0.15) is 0 Å². The molecule has 1 aliphatic rings. The van der Waals surface area contributed by atoms with Crippen molar-refractivity contribution in [3.05, 3.63) is 76.9 Å². The van der Waals surface area contributed by atoms with Crippen molar-refractivity contribution in [3.8, 4) is 0 Å². The Hall–Kier alpha value is -3.22. The summed E-state index contributed by atoms with van der Waals surface area (Å²) in [7, 11) is 0. The maximum Gasteiger partial charge on any atom is 0.267 e. The number of nitrogens with one attached hydrogen (secondary N) is 1. The molecule has 6 nitrogen and oxygen atoms in total. The van der Waals surface area contributed by atoms with Gasteiger partial charge in [-0.3, -0.25) is 14.8 Å². The molecule has 2 aromatic rings. The van der Waals surface area contributed by atoms with Gasteiger partial charge in [0.05, 0.1) is 13.2 Å². The van der Waals surface area contributed by atoms with Gasteiger partial charge in [0.2, 0.25) is 0 Å². The summed E-state index contributed by atoms with van der Waals surface area (Å²) >= 11 is 0. The van der Waals surface area contributed by atoms with Crippen LogP contribution in [0.25, 0.3) is 12.2 Å². The molecule has 1 heterocycles. The molecule has 1 aliphatic heterocycles. The number of amides is 1. The number of carbonyl (C=O) groups excluding carboxylic acids is 2. The summed E-state index contributed by atoms with van der Waals surface area (Å²) in [6, 6.07) is 13.3. The molecule has 1 fully saturated rings. The Balaban J connectivity index is 1.65. The zero-order valence-corrected chi connectivity index (χ0v) is 16.3. The average molecular weight is 392 g/mol. The van der Waals surface area contributed by atoms with Crippen molar-refractivity contribution in [1.82, 2.24) is 5.48 Å². The number of nitrogens with zero attached hydrogens (tertiary/aromatic N) is 1. The number of ketones is 1. The number of anilines is 1. The number of carbonyl (C=O) groups is 2. The van der Waals surface area contributed by atoms with E-state index in [1.807, 2.05) is 43.3 Å². The molecule has 0 atom stereocenters. The van der Waals surface area contributed by atoms with Gasteiger partial charge in [0.25, 0.3) is 5.91 Å². The van der Waals surface area contributed by atoms with E-state index in [2.05, 4.69) is 11.0 Å². The minimum atomic E-state index is -0.588. The predicted molar refractivity (Wildman–Crippen MR) is 113 cm³/mol. The van der Waals surface area contributed by atoms with E-state index in [4.69, 9.17) is 9.94 Å². The molecule has 0 radical (unpaired) electrons. The van der Waals surface area contributed by atoms with E-state index in [0.717, 1.165) is 48.7 Å². The van der Waals surface area contributed by atoms with Crippen molar-refractivity contribution in [1.29, 1.82) is 0 Å². The zero-order valence-electron chi connectivity index (χ0n) is 16.3. The van der Waals surface area contributed by atoms with E-state index in [9.17, 15) is 9.59 Å². The number of allylic oxidation sites excluding steroid dienone is 1. The number of rotatable bonds is 6. The molecule has 1 saturated heterocycles. The van der Waals surface area contributed by atoms with Crippen molar-refractivity contribution >= 4 is 29.5 Å². The number of hydroxylamine groups is 1. The van der Waals surface area contributed by atoms with Crippen molar-refractivity contribution in [2.24, 2.45) is 0 Å². The number of hydrogen-bond donors (Lipinski definition) is 2. The van der Waals surface area contributed by atoms with E-state index >= 15 is 0 Å². The summed E-state index contributed by atoms with van der Waals surface area (Å²) in [4.78, 5) is 25.9. The van der Waals surface area contributed by atoms with Crippen molar-refractivity contribution in [2.45, 2.75) is 6.92 Å². The molecule has 0 unspecified atom stereocenters. The summed E-state index contributed by atoms with van der Waals surface area (Å²) in [5.74, 6) is -0.630. The Morgan fingerprint density at radius 3 is 2.21 bits per heavy atom. The number of benzene rings is 2. The fourth-order valence-corrected chi connectivity index (χ4v) is 3.13. The topological polar surface area (TPSA) is 78.9 Å². The standard InChI is InChI=1S/C23H24N2O4/c1-17-16-20(25-12-14-29-15-13-25)8-9-21(17)22(26)10-6-18-2-4-19(5-3-18)7-11-23(27)24-28/h2-11,16,28H,12-15H2,1H3,(H,24,27)/b10-6+,11-7+. The minimum Gasteiger partial charge on any atom is -0.378 e. The monoisotopic (exact) mass is 392 g/mol. The van der Waals surface area contributed by atoms with Gasteiger partial charge >= 0.3 is 0 Å². The van der Waals surface area contributed by atoms with Crippen LogP contribution >= 0.6 is 0 Å². The van der Waals surface area contributed by atoms with Gasteiger partial charge in [-0.2, -0.15) is 0 Å². The van der Waals surface area contributed by atoms with Crippen LogP contribution in [-0.4, -0.2) is 43.2 Å². The summed E-state index contributed by atoms with van der Waals surface area (Å²) in [5.41, 5.74) is 5.98. The maximum absolute atomic E-state index is 12.6. The second-order valence-electron chi connectivity index (χ2n) is 6.77. The van der Waals surface area contributed by atoms with E-state index in [1.54, 1.807) is 18.2 Å². The smallest absolute Gasteiger partial charge is 0.267 e. The Bertz CT molecular complexity index is 926. The summed E-state index contributed by atoms with van der Waals surface area (Å²) in [6.45, 7) is 5.14. The minimum absolute atomic E-state index is 0.0420. The van der Waals surface area contributed by atoms with Crippen LogP contribution in [0.2, 0.25) is 0 Å². The first-order valence-corrected chi connectivity index (χ1v) is 9.45. The predicted octanol–water partition coefficient (Wildman–Crippen LogP) is 3.25. The molecule has 6 heteroatoms. The highest BCUT2D eigenvalue weighted by Crippen LogP contribution is 2.21. The fourth-order valence-electron chi connectivity index (χ4n) is 3.13. The normalized spacial score (nSPS) is 14.5.